The Balaban J connectivity index is 2.17. The van der Waals surface area contributed by atoms with Crippen LogP contribution in [0.15, 0.2) is 29.3 Å². The predicted octanol–water partition coefficient (Wildman–Crippen LogP) is 2.66. The SMILES string of the molecule is O=C(O)NC1CCCN(c2ccccc2N=C=S)C1. The minimum absolute atomic E-state index is 0.0456. The maximum absolute atomic E-state index is 10.7. The van der Waals surface area contributed by atoms with Crippen molar-refractivity contribution in [1.29, 1.82) is 0 Å². The molecule has 1 aliphatic heterocycles. The Bertz CT molecular complexity index is 514. The van der Waals surface area contributed by atoms with Gasteiger partial charge in [0.25, 0.3) is 0 Å². The standard InChI is InChI=1S/C13H15N3O2S/c17-13(18)15-10-4-3-7-16(8-10)12-6-2-1-5-11(12)14-9-19/h1-2,5-6,10,15H,3-4,7-8H2,(H,17,18). The second kappa shape index (κ2) is 6.31. The molecule has 1 amide bonds. The quantitative estimate of drug-likeness (QED) is 0.658. The number of nitrogens with one attached hydrogen (secondary N) is 1. The molecule has 0 bridgehead atoms. The molecule has 1 atom stereocenters. The molecule has 100 valence electrons. The van der Waals surface area contributed by atoms with E-state index in [1.807, 2.05) is 24.3 Å². The fourth-order valence-corrected chi connectivity index (χ4v) is 2.46. The fourth-order valence-electron chi connectivity index (χ4n) is 2.36. The van der Waals surface area contributed by atoms with E-state index in [9.17, 15) is 4.79 Å². The number of carboxylic acid groups (broad SMARTS) is 1. The lowest BCUT2D eigenvalue weighted by Gasteiger charge is -2.34. The van der Waals surface area contributed by atoms with Gasteiger partial charge in [-0.25, -0.2) is 4.79 Å². The van der Waals surface area contributed by atoms with Gasteiger partial charge >= 0.3 is 6.09 Å². The number of thiocarbonyl (C=S) groups is 1. The Labute approximate surface area is 116 Å². The minimum atomic E-state index is -0.975. The number of piperidine rings is 1. The van der Waals surface area contributed by atoms with Crippen LogP contribution in [0, 0.1) is 0 Å². The highest BCUT2D eigenvalue weighted by Gasteiger charge is 2.22. The molecule has 5 nitrogen and oxygen atoms in total. The third-order valence-corrected chi connectivity index (χ3v) is 3.23. The summed E-state index contributed by atoms with van der Waals surface area (Å²) in [6, 6.07) is 7.63. The fraction of sp³-hybridized carbons (Fsp3) is 0.385. The maximum atomic E-state index is 10.7. The van der Waals surface area contributed by atoms with Crippen LogP contribution in [0.3, 0.4) is 0 Å². The van der Waals surface area contributed by atoms with Gasteiger partial charge in [0.15, 0.2) is 0 Å². The molecule has 0 saturated carbocycles. The summed E-state index contributed by atoms with van der Waals surface area (Å²) in [6.45, 7) is 1.54. The van der Waals surface area contributed by atoms with E-state index < -0.39 is 6.09 Å². The van der Waals surface area contributed by atoms with Gasteiger partial charge in [0.1, 0.15) is 0 Å². The highest BCUT2D eigenvalue weighted by molar-refractivity contribution is 7.78. The second-order valence-electron chi connectivity index (χ2n) is 4.43. The van der Waals surface area contributed by atoms with Crippen LogP contribution in [0.2, 0.25) is 0 Å². The Kier molecular flexibility index (Phi) is 4.49. The van der Waals surface area contributed by atoms with Crippen LogP contribution in [0.1, 0.15) is 12.8 Å². The lowest BCUT2D eigenvalue weighted by Crippen LogP contribution is -2.47. The number of para-hydroxylation sites is 2. The van der Waals surface area contributed by atoms with Crippen molar-refractivity contribution in [2.24, 2.45) is 4.99 Å². The van der Waals surface area contributed by atoms with Crippen LogP contribution in [-0.4, -0.2) is 35.5 Å². The third-order valence-electron chi connectivity index (χ3n) is 3.14. The molecule has 0 aromatic heterocycles. The predicted molar refractivity (Wildman–Crippen MR) is 77.5 cm³/mol. The smallest absolute Gasteiger partial charge is 0.404 e. The zero-order valence-electron chi connectivity index (χ0n) is 10.4. The van der Waals surface area contributed by atoms with Crippen molar-refractivity contribution < 1.29 is 9.90 Å². The molecule has 1 saturated heterocycles. The monoisotopic (exact) mass is 277 g/mol. The molecule has 1 aromatic carbocycles. The van der Waals surface area contributed by atoms with Gasteiger partial charge < -0.3 is 15.3 Å². The van der Waals surface area contributed by atoms with E-state index >= 15 is 0 Å². The zero-order chi connectivity index (χ0) is 13.7. The van der Waals surface area contributed by atoms with Crippen molar-refractivity contribution in [2.75, 3.05) is 18.0 Å². The maximum Gasteiger partial charge on any atom is 0.404 e. The summed E-state index contributed by atoms with van der Waals surface area (Å²) in [6.07, 6.45) is 0.833. The van der Waals surface area contributed by atoms with Gasteiger partial charge in [0.05, 0.1) is 16.5 Å². The summed E-state index contributed by atoms with van der Waals surface area (Å²) in [5.74, 6) is 0. The average Bonchev–Trinajstić information content (AvgIpc) is 2.39. The van der Waals surface area contributed by atoms with Gasteiger partial charge in [-0.3, -0.25) is 0 Å². The molecule has 2 N–H and O–H groups in total. The average molecular weight is 277 g/mol. The van der Waals surface area contributed by atoms with Crippen molar-refractivity contribution in [1.82, 2.24) is 5.32 Å². The van der Waals surface area contributed by atoms with E-state index in [4.69, 9.17) is 5.11 Å². The van der Waals surface area contributed by atoms with Crippen LogP contribution in [-0.2, 0) is 0 Å². The highest BCUT2D eigenvalue weighted by atomic mass is 32.1. The molecule has 0 radical (unpaired) electrons. The zero-order valence-corrected chi connectivity index (χ0v) is 11.2. The number of isothiocyanates is 1. The first-order valence-corrected chi connectivity index (χ1v) is 6.53. The Hall–Kier alpha value is -1.91. The lowest BCUT2D eigenvalue weighted by atomic mass is 10.0. The largest absolute Gasteiger partial charge is 0.465 e. The summed E-state index contributed by atoms with van der Waals surface area (Å²) in [5.41, 5.74) is 1.74. The number of aliphatic imine (C=N–C) groups is 1. The second-order valence-corrected chi connectivity index (χ2v) is 4.61. The number of amides is 1. The molecule has 1 aliphatic rings. The topological polar surface area (TPSA) is 64.9 Å². The lowest BCUT2D eigenvalue weighted by molar-refractivity contribution is 0.188. The van der Waals surface area contributed by atoms with E-state index in [-0.39, 0.29) is 6.04 Å². The van der Waals surface area contributed by atoms with Crippen LogP contribution in [0.5, 0.6) is 0 Å². The van der Waals surface area contributed by atoms with E-state index in [1.54, 1.807) is 0 Å². The molecule has 0 aliphatic carbocycles. The van der Waals surface area contributed by atoms with Crippen molar-refractivity contribution >= 4 is 34.8 Å². The van der Waals surface area contributed by atoms with Gasteiger partial charge in [-0.15, -0.1) is 0 Å². The highest BCUT2D eigenvalue weighted by Crippen LogP contribution is 2.30. The van der Waals surface area contributed by atoms with E-state index in [0.717, 1.165) is 30.8 Å². The molecule has 2 rings (SSSR count). The first-order valence-electron chi connectivity index (χ1n) is 6.12. The molecule has 0 spiro atoms. The number of anilines is 1. The molecular weight excluding hydrogens is 262 g/mol. The van der Waals surface area contributed by atoms with Crippen LogP contribution in [0.4, 0.5) is 16.2 Å². The Morgan fingerprint density at radius 1 is 1.53 bits per heavy atom. The first-order chi connectivity index (χ1) is 9.20. The summed E-state index contributed by atoms with van der Waals surface area (Å²) in [7, 11) is 0. The Morgan fingerprint density at radius 3 is 3.05 bits per heavy atom. The van der Waals surface area contributed by atoms with E-state index in [0.29, 0.717) is 6.54 Å². The van der Waals surface area contributed by atoms with E-state index in [2.05, 4.69) is 32.6 Å². The molecule has 1 aromatic rings. The third kappa shape index (κ3) is 3.53. The molecule has 1 heterocycles. The minimum Gasteiger partial charge on any atom is -0.465 e. The molecule has 1 fully saturated rings. The number of nitrogens with zero attached hydrogens (tertiary/aromatic N) is 2. The summed E-state index contributed by atoms with van der Waals surface area (Å²) < 4.78 is 0. The Morgan fingerprint density at radius 2 is 2.32 bits per heavy atom. The van der Waals surface area contributed by atoms with Crippen molar-refractivity contribution in [3.05, 3.63) is 24.3 Å². The normalized spacial score (nSPS) is 18.5. The van der Waals surface area contributed by atoms with Crippen LogP contribution < -0.4 is 10.2 Å². The summed E-state index contributed by atoms with van der Waals surface area (Å²) >= 11 is 4.65. The van der Waals surface area contributed by atoms with Gasteiger partial charge in [0.2, 0.25) is 0 Å². The number of carbonyl (C=O) groups is 1. The molecule has 19 heavy (non-hydrogen) atoms. The summed E-state index contributed by atoms with van der Waals surface area (Å²) in [4.78, 5) is 16.9. The van der Waals surface area contributed by atoms with Crippen molar-refractivity contribution in [3.8, 4) is 0 Å². The van der Waals surface area contributed by atoms with Crippen molar-refractivity contribution in [2.45, 2.75) is 18.9 Å². The first kappa shape index (κ1) is 13.5. The summed E-state index contributed by atoms with van der Waals surface area (Å²) in [5, 5.41) is 13.7. The molecule has 6 heteroatoms. The number of benzene rings is 1. The van der Waals surface area contributed by atoms with Gasteiger partial charge in [-0.05, 0) is 37.2 Å². The van der Waals surface area contributed by atoms with Crippen molar-refractivity contribution in [3.63, 3.8) is 0 Å². The van der Waals surface area contributed by atoms with E-state index in [1.165, 1.54) is 0 Å². The molecule has 1 unspecified atom stereocenters. The van der Waals surface area contributed by atoms with Crippen LogP contribution >= 0.6 is 12.2 Å². The molecular formula is C13H15N3O2S. The van der Waals surface area contributed by atoms with Crippen LogP contribution in [0.25, 0.3) is 0 Å². The van der Waals surface area contributed by atoms with Gasteiger partial charge in [-0.2, -0.15) is 4.99 Å². The van der Waals surface area contributed by atoms with Gasteiger partial charge in [-0.1, -0.05) is 12.1 Å². The number of hydrogen-bond acceptors (Lipinski definition) is 4. The number of hydrogen-bond donors (Lipinski definition) is 2. The number of rotatable bonds is 3. The van der Waals surface area contributed by atoms with Gasteiger partial charge in [0, 0.05) is 19.1 Å².